The molecule has 0 unspecified atom stereocenters. The minimum atomic E-state index is -0.662. The number of aliphatic hydroxyl groups is 1. The SMILES string of the molecule is CCC1(O)CN(C(=O)CSc2ccccc2Cl)C1. The fraction of sp³-hybridized carbons (Fsp3) is 0.462. The van der Waals surface area contributed by atoms with Crippen LogP contribution in [0.2, 0.25) is 5.02 Å². The number of benzene rings is 1. The Bertz CT molecular complexity index is 446. The van der Waals surface area contributed by atoms with Crippen molar-refractivity contribution in [1.29, 1.82) is 0 Å². The van der Waals surface area contributed by atoms with Crippen LogP contribution in [0.25, 0.3) is 0 Å². The number of nitrogens with zero attached hydrogens (tertiary/aromatic N) is 1. The highest BCUT2D eigenvalue weighted by Crippen LogP contribution is 2.29. The maximum Gasteiger partial charge on any atom is 0.233 e. The zero-order valence-electron chi connectivity index (χ0n) is 10.2. The maximum atomic E-state index is 11.9. The molecule has 1 amide bonds. The molecular formula is C13H16ClNO2S. The minimum absolute atomic E-state index is 0.0537. The van der Waals surface area contributed by atoms with Gasteiger partial charge in [-0.1, -0.05) is 30.7 Å². The van der Waals surface area contributed by atoms with E-state index >= 15 is 0 Å². The number of halogens is 1. The summed E-state index contributed by atoms with van der Waals surface area (Å²) in [6.45, 7) is 2.83. The van der Waals surface area contributed by atoms with Crippen LogP contribution in [0.3, 0.4) is 0 Å². The van der Waals surface area contributed by atoms with E-state index in [1.54, 1.807) is 4.90 Å². The van der Waals surface area contributed by atoms with E-state index in [1.165, 1.54) is 11.8 Å². The molecule has 98 valence electrons. The number of hydrogen-bond donors (Lipinski definition) is 1. The zero-order valence-corrected chi connectivity index (χ0v) is 11.8. The van der Waals surface area contributed by atoms with E-state index in [-0.39, 0.29) is 5.91 Å². The predicted octanol–water partition coefficient (Wildman–Crippen LogP) is 2.42. The Balaban J connectivity index is 1.82. The van der Waals surface area contributed by atoms with Crippen LogP contribution in [-0.2, 0) is 4.79 Å². The molecule has 18 heavy (non-hydrogen) atoms. The molecule has 1 fully saturated rings. The van der Waals surface area contributed by atoms with Crippen LogP contribution in [0, 0.1) is 0 Å². The molecule has 0 saturated carbocycles. The van der Waals surface area contributed by atoms with Gasteiger partial charge in [0.1, 0.15) is 0 Å². The van der Waals surface area contributed by atoms with Gasteiger partial charge >= 0.3 is 0 Å². The average Bonchev–Trinajstić information content (AvgIpc) is 2.33. The number of carbonyl (C=O) groups is 1. The number of amides is 1. The fourth-order valence-corrected chi connectivity index (χ4v) is 3.00. The molecule has 0 aromatic heterocycles. The molecule has 0 atom stereocenters. The first-order valence-corrected chi connectivity index (χ1v) is 7.28. The molecule has 0 radical (unpaired) electrons. The molecule has 0 bridgehead atoms. The maximum absolute atomic E-state index is 11.9. The van der Waals surface area contributed by atoms with Crippen LogP contribution < -0.4 is 0 Å². The van der Waals surface area contributed by atoms with Gasteiger partial charge < -0.3 is 10.0 Å². The highest BCUT2D eigenvalue weighted by atomic mass is 35.5. The van der Waals surface area contributed by atoms with Crippen molar-refractivity contribution in [3.8, 4) is 0 Å². The highest BCUT2D eigenvalue weighted by Gasteiger charge is 2.41. The molecular weight excluding hydrogens is 270 g/mol. The normalized spacial score (nSPS) is 17.4. The highest BCUT2D eigenvalue weighted by molar-refractivity contribution is 8.00. The summed E-state index contributed by atoms with van der Waals surface area (Å²) in [6.07, 6.45) is 0.689. The van der Waals surface area contributed by atoms with Crippen molar-refractivity contribution >= 4 is 29.3 Å². The van der Waals surface area contributed by atoms with E-state index in [4.69, 9.17) is 11.6 Å². The van der Waals surface area contributed by atoms with Gasteiger partial charge in [-0.05, 0) is 18.6 Å². The Morgan fingerprint density at radius 1 is 1.50 bits per heavy atom. The monoisotopic (exact) mass is 285 g/mol. The molecule has 1 aromatic rings. The summed E-state index contributed by atoms with van der Waals surface area (Å²) in [7, 11) is 0. The summed E-state index contributed by atoms with van der Waals surface area (Å²) >= 11 is 7.45. The van der Waals surface area contributed by atoms with Crippen molar-refractivity contribution in [2.45, 2.75) is 23.8 Å². The lowest BCUT2D eigenvalue weighted by Crippen LogP contribution is -2.63. The molecule has 2 rings (SSSR count). The van der Waals surface area contributed by atoms with Crippen molar-refractivity contribution in [1.82, 2.24) is 4.90 Å². The first kappa shape index (κ1) is 13.7. The van der Waals surface area contributed by atoms with E-state index in [2.05, 4.69) is 0 Å². The molecule has 1 saturated heterocycles. The average molecular weight is 286 g/mol. The van der Waals surface area contributed by atoms with Crippen molar-refractivity contribution in [3.05, 3.63) is 29.3 Å². The molecule has 1 aromatic carbocycles. The zero-order chi connectivity index (χ0) is 13.2. The second-order valence-electron chi connectivity index (χ2n) is 4.55. The van der Waals surface area contributed by atoms with Crippen molar-refractivity contribution in [3.63, 3.8) is 0 Å². The van der Waals surface area contributed by atoms with Gasteiger partial charge in [-0.2, -0.15) is 0 Å². The number of thioether (sulfide) groups is 1. The first-order chi connectivity index (χ1) is 8.54. The quantitative estimate of drug-likeness (QED) is 0.864. The van der Waals surface area contributed by atoms with Crippen LogP contribution in [0.4, 0.5) is 0 Å². The van der Waals surface area contributed by atoms with Crippen LogP contribution in [0.5, 0.6) is 0 Å². The summed E-state index contributed by atoms with van der Waals surface area (Å²) in [5.41, 5.74) is -0.662. The molecule has 5 heteroatoms. The lowest BCUT2D eigenvalue weighted by Gasteiger charge is -2.46. The molecule has 3 nitrogen and oxygen atoms in total. The number of hydrogen-bond acceptors (Lipinski definition) is 3. The third-order valence-electron chi connectivity index (χ3n) is 3.17. The summed E-state index contributed by atoms with van der Waals surface area (Å²) in [5.74, 6) is 0.418. The summed E-state index contributed by atoms with van der Waals surface area (Å²) < 4.78 is 0. The number of rotatable bonds is 4. The molecule has 1 N–H and O–H groups in total. The summed E-state index contributed by atoms with van der Waals surface area (Å²) in [4.78, 5) is 14.5. The lowest BCUT2D eigenvalue weighted by molar-refractivity contribution is -0.152. The van der Waals surface area contributed by atoms with Gasteiger partial charge in [-0.25, -0.2) is 0 Å². The summed E-state index contributed by atoms with van der Waals surface area (Å²) in [6, 6.07) is 7.48. The Labute approximate surface area is 116 Å². The van der Waals surface area contributed by atoms with Gasteiger partial charge in [0.25, 0.3) is 0 Å². The molecule has 0 spiro atoms. The summed E-state index contributed by atoms with van der Waals surface area (Å²) in [5, 5.41) is 10.5. The number of β-amino-alcohol motifs (C(OH)–C–C–N with tert-alkyl or cyclic N) is 1. The van der Waals surface area contributed by atoms with Crippen molar-refractivity contribution in [2.24, 2.45) is 0 Å². The molecule has 0 aliphatic carbocycles. The van der Waals surface area contributed by atoms with Gasteiger partial charge in [0, 0.05) is 4.90 Å². The third kappa shape index (κ3) is 2.99. The Morgan fingerprint density at radius 2 is 2.17 bits per heavy atom. The standard InChI is InChI=1S/C13H16ClNO2S/c1-2-13(17)8-15(9-13)12(16)7-18-11-6-4-3-5-10(11)14/h3-6,17H,2,7-9H2,1H3. The number of carbonyl (C=O) groups excluding carboxylic acids is 1. The van der Waals surface area contributed by atoms with E-state index < -0.39 is 5.60 Å². The number of likely N-dealkylation sites (tertiary alicyclic amines) is 1. The Morgan fingerprint density at radius 3 is 2.78 bits per heavy atom. The molecule has 1 heterocycles. The van der Waals surface area contributed by atoms with Gasteiger partial charge in [-0.3, -0.25) is 4.79 Å². The second-order valence-corrected chi connectivity index (χ2v) is 5.97. The Kier molecular flexibility index (Phi) is 4.20. The van der Waals surface area contributed by atoms with Gasteiger partial charge in [0.15, 0.2) is 0 Å². The predicted molar refractivity (Wildman–Crippen MR) is 74.0 cm³/mol. The Hall–Kier alpha value is -0.710. The van der Waals surface area contributed by atoms with Crippen LogP contribution >= 0.6 is 23.4 Å². The van der Waals surface area contributed by atoms with Gasteiger partial charge in [0.05, 0.1) is 29.5 Å². The molecule has 1 aliphatic rings. The van der Waals surface area contributed by atoms with Crippen molar-refractivity contribution < 1.29 is 9.90 Å². The van der Waals surface area contributed by atoms with Gasteiger partial charge in [0.2, 0.25) is 5.91 Å². The van der Waals surface area contributed by atoms with Crippen LogP contribution in [-0.4, -0.2) is 40.4 Å². The van der Waals surface area contributed by atoms with E-state index in [0.29, 0.717) is 30.3 Å². The minimum Gasteiger partial charge on any atom is -0.386 e. The van der Waals surface area contributed by atoms with Crippen LogP contribution in [0.1, 0.15) is 13.3 Å². The lowest BCUT2D eigenvalue weighted by atomic mass is 9.91. The molecule has 1 aliphatic heterocycles. The third-order valence-corrected chi connectivity index (χ3v) is 4.67. The largest absolute Gasteiger partial charge is 0.386 e. The fourth-order valence-electron chi connectivity index (χ4n) is 1.86. The topological polar surface area (TPSA) is 40.5 Å². The van der Waals surface area contributed by atoms with Gasteiger partial charge in [-0.15, -0.1) is 11.8 Å². The van der Waals surface area contributed by atoms with E-state index in [0.717, 1.165) is 4.90 Å². The van der Waals surface area contributed by atoms with E-state index in [1.807, 2.05) is 31.2 Å². The van der Waals surface area contributed by atoms with Crippen molar-refractivity contribution in [2.75, 3.05) is 18.8 Å². The van der Waals surface area contributed by atoms with E-state index in [9.17, 15) is 9.90 Å². The first-order valence-electron chi connectivity index (χ1n) is 5.91. The van der Waals surface area contributed by atoms with Crippen LogP contribution in [0.15, 0.2) is 29.2 Å². The second kappa shape index (κ2) is 5.51. The smallest absolute Gasteiger partial charge is 0.233 e.